The maximum Gasteiger partial charge on any atom is 0.258 e. The molecule has 0 aliphatic rings. The van der Waals surface area contributed by atoms with Crippen LogP contribution in [-0.2, 0) is 6.42 Å². The number of amides is 1. The van der Waals surface area contributed by atoms with Gasteiger partial charge in [-0.1, -0.05) is 24.3 Å². The van der Waals surface area contributed by atoms with Crippen LogP contribution >= 0.6 is 0 Å². The molecule has 144 valence electrons. The van der Waals surface area contributed by atoms with Crippen molar-refractivity contribution in [3.8, 4) is 5.75 Å². The van der Waals surface area contributed by atoms with Crippen LogP contribution in [0.3, 0.4) is 0 Å². The Hall–Kier alpha value is -3.48. The number of carbonyl (C=O) groups excluding carboxylic acids is 1. The van der Waals surface area contributed by atoms with Crippen LogP contribution in [0.1, 0.15) is 21.5 Å². The third-order valence-corrected chi connectivity index (χ3v) is 4.15. The van der Waals surface area contributed by atoms with Crippen LogP contribution in [0, 0.1) is 12.7 Å². The van der Waals surface area contributed by atoms with Crippen molar-refractivity contribution >= 4 is 17.5 Å². The van der Waals surface area contributed by atoms with Crippen LogP contribution in [0.15, 0.2) is 54.9 Å². The Morgan fingerprint density at radius 3 is 2.61 bits per heavy atom. The van der Waals surface area contributed by atoms with Crippen molar-refractivity contribution in [1.82, 2.24) is 9.97 Å². The largest absolute Gasteiger partial charge is 0.495 e. The summed E-state index contributed by atoms with van der Waals surface area (Å²) in [5.74, 6) is 0.387. The zero-order chi connectivity index (χ0) is 19.9. The van der Waals surface area contributed by atoms with Gasteiger partial charge in [-0.25, -0.2) is 14.4 Å². The van der Waals surface area contributed by atoms with E-state index in [1.165, 1.54) is 18.5 Å². The number of halogens is 1. The zero-order valence-electron chi connectivity index (χ0n) is 15.7. The van der Waals surface area contributed by atoms with Gasteiger partial charge in [-0.15, -0.1) is 0 Å². The Morgan fingerprint density at radius 2 is 1.89 bits per heavy atom. The Kier molecular flexibility index (Phi) is 6.16. The molecular formula is C21H21FN4O2. The molecule has 3 rings (SSSR count). The molecule has 3 aromatic rings. The fourth-order valence-corrected chi connectivity index (χ4v) is 2.66. The number of nitrogens with one attached hydrogen (secondary N) is 2. The minimum Gasteiger partial charge on any atom is -0.495 e. The van der Waals surface area contributed by atoms with E-state index >= 15 is 0 Å². The van der Waals surface area contributed by atoms with Crippen LogP contribution < -0.4 is 15.4 Å². The molecular weight excluding hydrogens is 359 g/mol. The van der Waals surface area contributed by atoms with Crippen molar-refractivity contribution in [2.75, 3.05) is 24.3 Å². The van der Waals surface area contributed by atoms with Gasteiger partial charge in [0.05, 0.1) is 18.4 Å². The van der Waals surface area contributed by atoms with Crippen molar-refractivity contribution in [2.45, 2.75) is 13.3 Å². The Morgan fingerprint density at radius 1 is 1.14 bits per heavy atom. The van der Waals surface area contributed by atoms with Gasteiger partial charge in [0.1, 0.15) is 11.6 Å². The third-order valence-electron chi connectivity index (χ3n) is 4.15. The molecule has 1 amide bonds. The second-order valence-electron chi connectivity index (χ2n) is 6.22. The third kappa shape index (κ3) is 4.82. The molecule has 0 bridgehead atoms. The number of nitrogens with zero attached hydrogens (tertiary/aromatic N) is 2. The summed E-state index contributed by atoms with van der Waals surface area (Å²) in [6, 6.07) is 12.2. The predicted octanol–water partition coefficient (Wildman–Crippen LogP) is 3.84. The SMILES string of the molecule is COc1ccc(C)cc1NC(=O)c1cnc(NCCc2ccccc2F)nc1. The van der Waals surface area contributed by atoms with Gasteiger partial charge in [0.15, 0.2) is 0 Å². The first kappa shape index (κ1) is 19.3. The summed E-state index contributed by atoms with van der Waals surface area (Å²) < 4.78 is 18.9. The maximum absolute atomic E-state index is 13.6. The highest BCUT2D eigenvalue weighted by molar-refractivity contribution is 6.04. The van der Waals surface area contributed by atoms with E-state index in [4.69, 9.17) is 4.74 Å². The highest BCUT2D eigenvalue weighted by Crippen LogP contribution is 2.25. The molecule has 0 unspecified atom stereocenters. The molecule has 28 heavy (non-hydrogen) atoms. The lowest BCUT2D eigenvalue weighted by molar-refractivity contribution is 0.102. The van der Waals surface area contributed by atoms with Crippen molar-refractivity contribution in [3.05, 3.63) is 77.4 Å². The Labute approximate surface area is 162 Å². The summed E-state index contributed by atoms with van der Waals surface area (Å²) in [6.45, 7) is 2.41. The molecule has 2 N–H and O–H groups in total. The van der Waals surface area contributed by atoms with E-state index in [9.17, 15) is 9.18 Å². The summed E-state index contributed by atoms with van der Waals surface area (Å²) in [7, 11) is 1.55. The van der Waals surface area contributed by atoms with Gasteiger partial charge in [-0.3, -0.25) is 4.79 Å². The van der Waals surface area contributed by atoms with Crippen LogP contribution in [0.4, 0.5) is 16.0 Å². The van der Waals surface area contributed by atoms with Crippen LogP contribution in [0.2, 0.25) is 0 Å². The highest BCUT2D eigenvalue weighted by Gasteiger charge is 2.11. The first-order valence-corrected chi connectivity index (χ1v) is 8.82. The van der Waals surface area contributed by atoms with E-state index in [0.717, 1.165) is 5.56 Å². The Bertz CT molecular complexity index is 961. The molecule has 1 heterocycles. The fraction of sp³-hybridized carbons (Fsp3) is 0.190. The molecule has 0 atom stereocenters. The average Bonchev–Trinajstić information content (AvgIpc) is 2.70. The average molecular weight is 380 g/mol. The topological polar surface area (TPSA) is 76.1 Å². The number of hydrogen-bond donors (Lipinski definition) is 2. The minimum absolute atomic E-state index is 0.233. The molecule has 0 saturated carbocycles. The molecule has 0 fully saturated rings. The molecule has 1 aromatic heterocycles. The highest BCUT2D eigenvalue weighted by atomic mass is 19.1. The molecule has 6 nitrogen and oxygen atoms in total. The lowest BCUT2D eigenvalue weighted by Crippen LogP contribution is -2.15. The second-order valence-corrected chi connectivity index (χ2v) is 6.22. The molecule has 7 heteroatoms. The number of hydrogen-bond acceptors (Lipinski definition) is 5. The van der Waals surface area contributed by atoms with E-state index in [0.29, 0.717) is 41.5 Å². The van der Waals surface area contributed by atoms with Crippen LogP contribution in [-0.4, -0.2) is 29.5 Å². The van der Waals surface area contributed by atoms with Crippen molar-refractivity contribution in [3.63, 3.8) is 0 Å². The van der Waals surface area contributed by atoms with E-state index in [-0.39, 0.29) is 11.7 Å². The van der Waals surface area contributed by atoms with Gasteiger partial charge in [0, 0.05) is 18.9 Å². The van der Waals surface area contributed by atoms with E-state index in [1.54, 1.807) is 31.4 Å². The second kappa shape index (κ2) is 8.94. The number of aryl methyl sites for hydroxylation is 1. The zero-order valence-corrected chi connectivity index (χ0v) is 15.7. The lowest BCUT2D eigenvalue weighted by atomic mass is 10.1. The van der Waals surface area contributed by atoms with Crippen LogP contribution in [0.5, 0.6) is 5.75 Å². The number of aromatic nitrogens is 2. The van der Waals surface area contributed by atoms with Gasteiger partial charge < -0.3 is 15.4 Å². The van der Waals surface area contributed by atoms with Gasteiger partial charge in [-0.05, 0) is 42.7 Å². The van der Waals surface area contributed by atoms with Crippen LogP contribution in [0.25, 0.3) is 0 Å². The van der Waals surface area contributed by atoms with E-state index in [2.05, 4.69) is 20.6 Å². The number of anilines is 2. The number of carbonyl (C=O) groups is 1. The Balaban J connectivity index is 1.58. The minimum atomic E-state index is -0.332. The van der Waals surface area contributed by atoms with Crippen molar-refractivity contribution in [1.29, 1.82) is 0 Å². The maximum atomic E-state index is 13.6. The van der Waals surface area contributed by atoms with Crippen molar-refractivity contribution < 1.29 is 13.9 Å². The van der Waals surface area contributed by atoms with E-state index < -0.39 is 0 Å². The molecule has 0 aliphatic heterocycles. The normalized spacial score (nSPS) is 10.4. The number of rotatable bonds is 7. The lowest BCUT2D eigenvalue weighted by Gasteiger charge is -2.11. The molecule has 0 saturated heterocycles. The monoisotopic (exact) mass is 380 g/mol. The number of ether oxygens (including phenoxy) is 1. The molecule has 0 aliphatic carbocycles. The molecule has 0 radical (unpaired) electrons. The quantitative estimate of drug-likeness (QED) is 0.651. The van der Waals surface area contributed by atoms with Gasteiger partial charge in [0.2, 0.25) is 5.95 Å². The first-order chi connectivity index (χ1) is 13.6. The first-order valence-electron chi connectivity index (χ1n) is 8.82. The summed E-state index contributed by atoms with van der Waals surface area (Å²) in [5.41, 5.74) is 2.53. The standard InChI is InChI=1S/C21H21FN4O2/c1-14-7-8-19(28-2)18(11-14)26-20(27)16-12-24-21(25-13-16)23-10-9-15-5-3-4-6-17(15)22/h3-8,11-13H,9-10H2,1-2H3,(H,26,27)(H,23,24,25). The molecule has 2 aromatic carbocycles. The number of methoxy groups -OCH3 is 1. The summed E-state index contributed by atoms with van der Waals surface area (Å²) >= 11 is 0. The van der Waals surface area contributed by atoms with Gasteiger partial charge in [-0.2, -0.15) is 0 Å². The van der Waals surface area contributed by atoms with Crippen molar-refractivity contribution in [2.24, 2.45) is 0 Å². The smallest absolute Gasteiger partial charge is 0.258 e. The number of benzene rings is 2. The van der Waals surface area contributed by atoms with Gasteiger partial charge in [0.25, 0.3) is 5.91 Å². The summed E-state index contributed by atoms with van der Waals surface area (Å²) in [6.07, 6.45) is 3.39. The summed E-state index contributed by atoms with van der Waals surface area (Å²) in [5, 5.41) is 5.82. The summed E-state index contributed by atoms with van der Waals surface area (Å²) in [4.78, 5) is 20.7. The predicted molar refractivity (Wildman–Crippen MR) is 106 cm³/mol. The van der Waals surface area contributed by atoms with E-state index in [1.807, 2.05) is 19.1 Å². The molecule has 0 spiro atoms. The fourth-order valence-electron chi connectivity index (χ4n) is 2.66. The van der Waals surface area contributed by atoms with Gasteiger partial charge >= 0.3 is 0 Å².